The summed E-state index contributed by atoms with van der Waals surface area (Å²) in [7, 11) is 0. The molecule has 0 heterocycles. The molecule has 1 unspecified atom stereocenters. The Hall–Kier alpha value is -2.29. The van der Waals surface area contributed by atoms with Gasteiger partial charge in [0.2, 0.25) is 0 Å². The summed E-state index contributed by atoms with van der Waals surface area (Å²) in [6, 6.07) is 27.1. The minimum absolute atomic E-state index is 0.417. The number of hydrogen-bond acceptors (Lipinski definition) is 2. The fourth-order valence-corrected chi connectivity index (χ4v) is 3.26. The highest BCUT2D eigenvalue weighted by Crippen LogP contribution is 2.15. The van der Waals surface area contributed by atoms with Gasteiger partial charge in [-0.25, -0.2) is 0 Å². The Morgan fingerprint density at radius 2 is 1.59 bits per heavy atom. The molecule has 1 N–H and O–H groups in total. The summed E-state index contributed by atoms with van der Waals surface area (Å²) in [6.45, 7) is 3.76. The second-order valence-electron chi connectivity index (χ2n) is 6.86. The Kier molecular flexibility index (Phi) is 7.32. The van der Waals surface area contributed by atoms with Crippen LogP contribution < -0.4 is 10.1 Å². The van der Waals surface area contributed by atoms with E-state index in [1.54, 1.807) is 0 Å². The third-order valence-electron chi connectivity index (χ3n) is 4.51. The standard InChI is InChI=1S/C24H26ClNO/c1-19(26-15-14-20-8-5-9-23(25)17-20)16-21-10-12-24(13-11-21)27-18-22-6-3-2-4-7-22/h2-13,17,19,26H,14-16,18H2,1H3. The zero-order chi connectivity index (χ0) is 18.9. The third kappa shape index (κ3) is 6.74. The topological polar surface area (TPSA) is 21.3 Å². The molecule has 0 spiro atoms. The van der Waals surface area contributed by atoms with E-state index in [1.807, 2.05) is 36.4 Å². The van der Waals surface area contributed by atoms with E-state index in [4.69, 9.17) is 16.3 Å². The molecule has 0 saturated carbocycles. The van der Waals surface area contributed by atoms with Crippen molar-refractivity contribution in [1.29, 1.82) is 0 Å². The summed E-state index contributed by atoms with van der Waals surface area (Å²) < 4.78 is 5.85. The molecule has 3 aromatic rings. The van der Waals surface area contributed by atoms with E-state index in [9.17, 15) is 0 Å². The van der Waals surface area contributed by atoms with Gasteiger partial charge in [0.05, 0.1) is 0 Å². The lowest BCUT2D eigenvalue weighted by molar-refractivity contribution is 0.306. The lowest BCUT2D eigenvalue weighted by Gasteiger charge is -2.14. The van der Waals surface area contributed by atoms with Crippen molar-refractivity contribution < 1.29 is 4.74 Å². The summed E-state index contributed by atoms with van der Waals surface area (Å²) in [6.07, 6.45) is 1.98. The van der Waals surface area contributed by atoms with E-state index in [0.717, 1.165) is 30.2 Å². The SMILES string of the molecule is CC(Cc1ccc(OCc2ccccc2)cc1)NCCc1cccc(Cl)c1. The molecule has 3 rings (SSSR count). The van der Waals surface area contributed by atoms with Crippen LogP contribution in [0.4, 0.5) is 0 Å². The van der Waals surface area contributed by atoms with Gasteiger partial charge in [-0.15, -0.1) is 0 Å². The van der Waals surface area contributed by atoms with Crippen molar-refractivity contribution in [3.63, 3.8) is 0 Å². The van der Waals surface area contributed by atoms with Gasteiger partial charge in [-0.05, 0) is 67.3 Å². The number of rotatable bonds is 9. The Morgan fingerprint density at radius 3 is 2.33 bits per heavy atom. The van der Waals surface area contributed by atoms with Crippen LogP contribution in [-0.2, 0) is 19.4 Å². The van der Waals surface area contributed by atoms with E-state index in [-0.39, 0.29) is 0 Å². The monoisotopic (exact) mass is 379 g/mol. The van der Waals surface area contributed by atoms with E-state index < -0.39 is 0 Å². The molecule has 0 aliphatic carbocycles. The van der Waals surface area contributed by atoms with Crippen LogP contribution in [-0.4, -0.2) is 12.6 Å². The molecular weight excluding hydrogens is 354 g/mol. The summed E-state index contributed by atoms with van der Waals surface area (Å²) >= 11 is 6.03. The van der Waals surface area contributed by atoms with Gasteiger partial charge in [0.1, 0.15) is 12.4 Å². The van der Waals surface area contributed by atoms with Crippen molar-refractivity contribution in [1.82, 2.24) is 5.32 Å². The van der Waals surface area contributed by atoms with E-state index >= 15 is 0 Å². The van der Waals surface area contributed by atoms with Crippen molar-refractivity contribution in [2.75, 3.05) is 6.54 Å². The smallest absolute Gasteiger partial charge is 0.119 e. The molecule has 0 aliphatic heterocycles. The summed E-state index contributed by atoms with van der Waals surface area (Å²) in [4.78, 5) is 0. The van der Waals surface area contributed by atoms with Gasteiger partial charge in [-0.3, -0.25) is 0 Å². The van der Waals surface area contributed by atoms with Crippen LogP contribution in [0, 0.1) is 0 Å². The van der Waals surface area contributed by atoms with Gasteiger partial charge in [-0.2, -0.15) is 0 Å². The number of nitrogens with one attached hydrogen (secondary N) is 1. The zero-order valence-electron chi connectivity index (χ0n) is 15.7. The molecule has 140 valence electrons. The Bertz CT molecular complexity index is 817. The van der Waals surface area contributed by atoms with Crippen molar-refractivity contribution in [3.8, 4) is 5.75 Å². The van der Waals surface area contributed by atoms with Crippen molar-refractivity contribution in [2.24, 2.45) is 0 Å². The minimum atomic E-state index is 0.417. The maximum absolute atomic E-state index is 6.03. The van der Waals surface area contributed by atoms with Crippen LogP contribution in [0.2, 0.25) is 5.02 Å². The Labute approximate surface area is 167 Å². The second-order valence-corrected chi connectivity index (χ2v) is 7.29. The third-order valence-corrected chi connectivity index (χ3v) is 4.74. The molecule has 0 saturated heterocycles. The first-order valence-electron chi connectivity index (χ1n) is 9.42. The fourth-order valence-electron chi connectivity index (χ4n) is 3.04. The minimum Gasteiger partial charge on any atom is -0.489 e. The summed E-state index contributed by atoms with van der Waals surface area (Å²) in [5.41, 5.74) is 3.76. The van der Waals surface area contributed by atoms with Crippen LogP contribution in [0.15, 0.2) is 78.9 Å². The molecule has 0 fully saturated rings. The maximum atomic E-state index is 6.03. The number of ether oxygens (including phenoxy) is 1. The molecule has 1 atom stereocenters. The first-order valence-corrected chi connectivity index (χ1v) is 9.80. The first-order chi connectivity index (χ1) is 13.2. The highest BCUT2D eigenvalue weighted by atomic mass is 35.5. The van der Waals surface area contributed by atoms with Crippen LogP contribution in [0.5, 0.6) is 5.75 Å². The Morgan fingerprint density at radius 1 is 0.852 bits per heavy atom. The van der Waals surface area contributed by atoms with E-state index in [1.165, 1.54) is 16.7 Å². The second kappa shape index (κ2) is 10.1. The predicted molar refractivity (Wildman–Crippen MR) is 114 cm³/mol. The lowest BCUT2D eigenvalue weighted by Crippen LogP contribution is -2.29. The van der Waals surface area contributed by atoms with Gasteiger partial charge in [0.15, 0.2) is 0 Å². The van der Waals surface area contributed by atoms with Gasteiger partial charge in [-0.1, -0.05) is 66.2 Å². The van der Waals surface area contributed by atoms with Crippen molar-refractivity contribution >= 4 is 11.6 Å². The van der Waals surface area contributed by atoms with Crippen LogP contribution in [0.3, 0.4) is 0 Å². The molecule has 0 aromatic heterocycles. The largest absolute Gasteiger partial charge is 0.489 e. The molecule has 3 heteroatoms. The number of benzene rings is 3. The number of halogens is 1. The fraction of sp³-hybridized carbons (Fsp3) is 0.250. The average Bonchev–Trinajstić information content (AvgIpc) is 2.68. The van der Waals surface area contributed by atoms with Gasteiger partial charge < -0.3 is 10.1 Å². The normalized spacial score (nSPS) is 11.9. The molecule has 0 amide bonds. The average molecular weight is 380 g/mol. The quantitative estimate of drug-likeness (QED) is 0.516. The van der Waals surface area contributed by atoms with Gasteiger partial charge in [0.25, 0.3) is 0 Å². The van der Waals surface area contributed by atoms with Gasteiger partial charge in [0, 0.05) is 11.1 Å². The highest BCUT2D eigenvalue weighted by Gasteiger charge is 2.04. The number of hydrogen-bond donors (Lipinski definition) is 1. The molecule has 0 bridgehead atoms. The molecule has 0 aliphatic rings. The summed E-state index contributed by atoms with van der Waals surface area (Å²) in [5, 5.41) is 4.39. The van der Waals surface area contributed by atoms with Crippen molar-refractivity contribution in [2.45, 2.75) is 32.4 Å². The molecule has 27 heavy (non-hydrogen) atoms. The molecular formula is C24H26ClNO. The zero-order valence-corrected chi connectivity index (χ0v) is 16.5. The molecule has 3 aromatic carbocycles. The van der Waals surface area contributed by atoms with E-state index in [2.05, 4.69) is 54.7 Å². The van der Waals surface area contributed by atoms with Crippen LogP contribution in [0.1, 0.15) is 23.6 Å². The first kappa shape index (κ1) is 19.5. The van der Waals surface area contributed by atoms with Crippen LogP contribution in [0.25, 0.3) is 0 Å². The predicted octanol–water partition coefficient (Wildman–Crippen LogP) is 5.68. The molecule has 0 radical (unpaired) electrons. The Balaban J connectivity index is 1.40. The highest BCUT2D eigenvalue weighted by molar-refractivity contribution is 6.30. The summed E-state index contributed by atoms with van der Waals surface area (Å²) in [5.74, 6) is 0.907. The maximum Gasteiger partial charge on any atom is 0.119 e. The van der Waals surface area contributed by atoms with Crippen molar-refractivity contribution in [3.05, 3.63) is 101 Å². The lowest BCUT2D eigenvalue weighted by atomic mass is 10.1. The molecule has 2 nitrogen and oxygen atoms in total. The van der Waals surface area contributed by atoms with Gasteiger partial charge >= 0.3 is 0 Å². The van der Waals surface area contributed by atoms with E-state index in [0.29, 0.717) is 12.6 Å². The van der Waals surface area contributed by atoms with Crippen LogP contribution >= 0.6 is 11.6 Å².